The minimum Gasteiger partial charge on any atom is -0.362 e. The molecule has 0 fully saturated rings. The standard InChI is InChI=1S/C18H24N2O3S/c1-12-10-17(13(2)19-12)18(21)11-20(4)14(3)15-6-8-16(9-7-15)24(5,22)23/h6-10,14,19H,11H2,1-5H3/t14-/m1/s1. The number of Topliss-reactive ketones (excluding diaryl/α,β-unsaturated/α-hetero) is 1. The van der Waals surface area contributed by atoms with E-state index >= 15 is 0 Å². The number of H-pyrrole nitrogens is 1. The van der Waals surface area contributed by atoms with E-state index in [1.54, 1.807) is 24.3 Å². The van der Waals surface area contributed by atoms with Gasteiger partial charge in [0.25, 0.3) is 0 Å². The third-order valence-corrected chi connectivity index (χ3v) is 5.42. The summed E-state index contributed by atoms with van der Waals surface area (Å²) in [4.78, 5) is 17.9. The third kappa shape index (κ3) is 4.13. The number of aromatic nitrogens is 1. The number of aromatic amines is 1. The number of rotatable bonds is 6. The van der Waals surface area contributed by atoms with Crippen molar-refractivity contribution in [1.82, 2.24) is 9.88 Å². The van der Waals surface area contributed by atoms with Crippen LogP contribution in [0.2, 0.25) is 0 Å². The van der Waals surface area contributed by atoms with Crippen LogP contribution in [0.15, 0.2) is 35.2 Å². The van der Waals surface area contributed by atoms with Gasteiger partial charge in [0.05, 0.1) is 11.4 Å². The molecule has 2 rings (SSSR count). The van der Waals surface area contributed by atoms with E-state index in [0.717, 1.165) is 22.5 Å². The summed E-state index contributed by atoms with van der Waals surface area (Å²) in [5.41, 5.74) is 3.55. The van der Waals surface area contributed by atoms with Gasteiger partial charge in [-0.15, -0.1) is 0 Å². The zero-order valence-electron chi connectivity index (χ0n) is 14.8. The van der Waals surface area contributed by atoms with E-state index in [9.17, 15) is 13.2 Å². The lowest BCUT2D eigenvalue weighted by molar-refractivity contribution is 0.0924. The summed E-state index contributed by atoms with van der Waals surface area (Å²) < 4.78 is 23.1. The molecule has 0 unspecified atom stereocenters. The maximum absolute atomic E-state index is 12.5. The average molecular weight is 348 g/mol. The normalized spacial score (nSPS) is 13.2. The van der Waals surface area contributed by atoms with Gasteiger partial charge in [-0.1, -0.05) is 12.1 Å². The molecule has 0 aliphatic rings. The van der Waals surface area contributed by atoms with Gasteiger partial charge >= 0.3 is 0 Å². The molecule has 5 nitrogen and oxygen atoms in total. The lowest BCUT2D eigenvalue weighted by Gasteiger charge is -2.24. The predicted octanol–water partition coefficient (Wildman–Crippen LogP) is 2.91. The number of aryl methyl sites for hydroxylation is 2. The number of carbonyl (C=O) groups excluding carboxylic acids is 1. The molecule has 1 aromatic heterocycles. The molecule has 0 radical (unpaired) electrons. The van der Waals surface area contributed by atoms with Gasteiger partial charge in [-0.3, -0.25) is 9.69 Å². The zero-order chi connectivity index (χ0) is 18.1. The SMILES string of the molecule is Cc1cc(C(=O)CN(C)[C@H](C)c2ccc(S(C)(=O)=O)cc2)c(C)[nH]1. The highest BCUT2D eigenvalue weighted by molar-refractivity contribution is 7.90. The van der Waals surface area contributed by atoms with E-state index in [1.807, 2.05) is 38.8 Å². The van der Waals surface area contributed by atoms with Crippen molar-refractivity contribution in [3.05, 3.63) is 52.8 Å². The van der Waals surface area contributed by atoms with E-state index in [1.165, 1.54) is 6.26 Å². The Labute approximate surface area is 143 Å². The van der Waals surface area contributed by atoms with Gasteiger partial charge in [0.1, 0.15) is 0 Å². The first kappa shape index (κ1) is 18.4. The summed E-state index contributed by atoms with van der Waals surface area (Å²) in [7, 11) is -1.30. The smallest absolute Gasteiger partial charge is 0.178 e. The molecule has 1 atom stereocenters. The highest BCUT2D eigenvalue weighted by atomic mass is 32.2. The summed E-state index contributed by atoms with van der Waals surface area (Å²) in [6.45, 7) is 6.12. The lowest BCUT2D eigenvalue weighted by atomic mass is 10.1. The van der Waals surface area contributed by atoms with Crippen LogP contribution in [-0.2, 0) is 9.84 Å². The van der Waals surface area contributed by atoms with Crippen LogP contribution in [0, 0.1) is 13.8 Å². The van der Waals surface area contributed by atoms with Crippen LogP contribution >= 0.6 is 0 Å². The molecule has 1 N–H and O–H groups in total. The number of likely N-dealkylation sites (N-methyl/N-ethyl adjacent to an activating group) is 1. The van der Waals surface area contributed by atoms with Crippen LogP contribution in [0.3, 0.4) is 0 Å². The number of carbonyl (C=O) groups is 1. The Kier molecular flexibility index (Phi) is 5.30. The molecule has 130 valence electrons. The summed E-state index contributed by atoms with van der Waals surface area (Å²) in [6, 6.07) is 8.69. The second-order valence-corrected chi connectivity index (χ2v) is 8.36. The fourth-order valence-corrected chi connectivity index (χ4v) is 3.34. The van der Waals surface area contributed by atoms with Gasteiger partial charge in [0.15, 0.2) is 15.6 Å². The molecule has 0 saturated carbocycles. The average Bonchev–Trinajstić information content (AvgIpc) is 2.84. The lowest BCUT2D eigenvalue weighted by Crippen LogP contribution is -2.29. The van der Waals surface area contributed by atoms with E-state index in [4.69, 9.17) is 0 Å². The Balaban J connectivity index is 2.10. The molecule has 0 aliphatic carbocycles. The van der Waals surface area contributed by atoms with Crippen molar-refractivity contribution in [2.45, 2.75) is 31.7 Å². The van der Waals surface area contributed by atoms with Crippen LogP contribution < -0.4 is 0 Å². The van der Waals surface area contributed by atoms with Crippen molar-refractivity contribution in [2.75, 3.05) is 19.8 Å². The Morgan fingerprint density at radius 3 is 2.25 bits per heavy atom. The van der Waals surface area contributed by atoms with Gasteiger partial charge in [0.2, 0.25) is 0 Å². The first-order chi connectivity index (χ1) is 11.1. The van der Waals surface area contributed by atoms with Gasteiger partial charge < -0.3 is 4.98 Å². The molecular formula is C18H24N2O3S. The number of benzene rings is 1. The zero-order valence-corrected chi connectivity index (χ0v) is 15.6. The number of sulfone groups is 1. The first-order valence-electron chi connectivity index (χ1n) is 7.79. The second-order valence-electron chi connectivity index (χ2n) is 6.35. The van der Waals surface area contributed by atoms with Crippen molar-refractivity contribution < 1.29 is 13.2 Å². The van der Waals surface area contributed by atoms with Crippen LogP contribution in [0.1, 0.15) is 40.3 Å². The molecule has 0 aliphatic heterocycles. The third-order valence-electron chi connectivity index (χ3n) is 4.29. The molecule has 0 bridgehead atoms. The van der Waals surface area contributed by atoms with Gasteiger partial charge in [-0.2, -0.15) is 0 Å². The highest BCUT2D eigenvalue weighted by Gasteiger charge is 2.18. The first-order valence-corrected chi connectivity index (χ1v) is 9.68. The number of nitrogens with one attached hydrogen (secondary N) is 1. The highest BCUT2D eigenvalue weighted by Crippen LogP contribution is 2.21. The van der Waals surface area contributed by atoms with Crippen molar-refractivity contribution in [1.29, 1.82) is 0 Å². The molecule has 0 saturated heterocycles. The van der Waals surface area contributed by atoms with Crippen molar-refractivity contribution in [2.24, 2.45) is 0 Å². The molecule has 6 heteroatoms. The maximum atomic E-state index is 12.5. The maximum Gasteiger partial charge on any atom is 0.178 e. The van der Waals surface area contributed by atoms with Gasteiger partial charge in [0, 0.05) is 29.2 Å². The Hall–Kier alpha value is -1.92. The molecule has 0 spiro atoms. The number of hydrogen-bond acceptors (Lipinski definition) is 4. The van der Waals surface area contributed by atoms with Crippen LogP contribution in [0.5, 0.6) is 0 Å². The summed E-state index contributed by atoms with van der Waals surface area (Å²) >= 11 is 0. The summed E-state index contributed by atoms with van der Waals surface area (Å²) in [5.74, 6) is 0.0685. The van der Waals surface area contributed by atoms with E-state index in [0.29, 0.717) is 11.4 Å². The fraction of sp³-hybridized carbons (Fsp3) is 0.389. The van der Waals surface area contributed by atoms with Crippen molar-refractivity contribution >= 4 is 15.6 Å². The Morgan fingerprint density at radius 2 is 1.79 bits per heavy atom. The van der Waals surface area contributed by atoms with E-state index in [-0.39, 0.29) is 11.8 Å². The van der Waals surface area contributed by atoms with E-state index < -0.39 is 9.84 Å². The van der Waals surface area contributed by atoms with Gasteiger partial charge in [-0.25, -0.2) is 8.42 Å². The topological polar surface area (TPSA) is 70.2 Å². The van der Waals surface area contributed by atoms with Crippen LogP contribution in [0.4, 0.5) is 0 Å². The molecular weight excluding hydrogens is 324 g/mol. The Morgan fingerprint density at radius 1 is 1.21 bits per heavy atom. The predicted molar refractivity (Wildman–Crippen MR) is 95.2 cm³/mol. The number of nitrogens with zero attached hydrogens (tertiary/aromatic N) is 1. The number of ketones is 1. The summed E-state index contributed by atoms with van der Waals surface area (Å²) in [6.07, 6.45) is 1.19. The van der Waals surface area contributed by atoms with Crippen molar-refractivity contribution in [3.63, 3.8) is 0 Å². The minimum absolute atomic E-state index is 0.00269. The minimum atomic E-state index is -3.19. The van der Waals surface area contributed by atoms with Gasteiger partial charge in [-0.05, 0) is 51.6 Å². The van der Waals surface area contributed by atoms with Crippen LogP contribution in [0.25, 0.3) is 0 Å². The largest absolute Gasteiger partial charge is 0.362 e. The number of hydrogen-bond donors (Lipinski definition) is 1. The Bertz CT molecular complexity index is 836. The second kappa shape index (κ2) is 6.91. The van der Waals surface area contributed by atoms with Crippen LogP contribution in [-0.4, -0.2) is 43.9 Å². The molecule has 24 heavy (non-hydrogen) atoms. The molecule has 2 aromatic rings. The summed E-state index contributed by atoms with van der Waals surface area (Å²) in [5, 5.41) is 0. The monoisotopic (exact) mass is 348 g/mol. The molecule has 0 amide bonds. The molecule has 1 heterocycles. The quantitative estimate of drug-likeness (QED) is 0.815. The fourth-order valence-electron chi connectivity index (χ4n) is 2.71. The van der Waals surface area contributed by atoms with E-state index in [2.05, 4.69) is 4.98 Å². The van der Waals surface area contributed by atoms with Crippen molar-refractivity contribution in [3.8, 4) is 0 Å². The molecule has 1 aromatic carbocycles.